The highest BCUT2D eigenvalue weighted by atomic mass is 19.1. The van der Waals surface area contributed by atoms with Gasteiger partial charge in [-0.05, 0) is 42.3 Å². The number of ether oxygens (including phenoxy) is 1. The van der Waals surface area contributed by atoms with E-state index in [0.717, 1.165) is 12.0 Å². The molecule has 110 valence electrons. The van der Waals surface area contributed by atoms with Crippen LogP contribution in [0.3, 0.4) is 0 Å². The lowest BCUT2D eigenvalue weighted by atomic mass is 10.1. The molecule has 5 heteroatoms. The summed E-state index contributed by atoms with van der Waals surface area (Å²) in [4.78, 5) is 12.1. The number of aryl methyl sites for hydroxylation is 1. The Hall–Kier alpha value is -2.56. The summed E-state index contributed by atoms with van der Waals surface area (Å²) >= 11 is 0. The first kappa shape index (κ1) is 14.8. The predicted molar refractivity (Wildman–Crippen MR) is 81.1 cm³/mol. The highest BCUT2D eigenvalue weighted by molar-refractivity contribution is 6.04. The van der Waals surface area contributed by atoms with Crippen LogP contribution in [0.1, 0.15) is 22.8 Å². The van der Waals surface area contributed by atoms with E-state index in [4.69, 9.17) is 10.5 Å². The minimum Gasteiger partial charge on any atom is -0.494 e. The Morgan fingerprint density at radius 2 is 2.05 bits per heavy atom. The van der Waals surface area contributed by atoms with Crippen molar-refractivity contribution in [3.8, 4) is 5.75 Å². The van der Waals surface area contributed by atoms with Crippen LogP contribution in [0, 0.1) is 5.82 Å². The zero-order valence-electron chi connectivity index (χ0n) is 11.9. The van der Waals surface area contributed by atoms with Gasteiger partial charge in [0.1, 0.15) is 0 Å². The van der Waals surface area contributed by atoms with Crippen molar-refractivity contribution >= 4 is 17.3 Å². The monoisotopic (exact) mass is 288 g/mol. The fourth-order valence-corrected chi connectivity index (χ4v) is 2.00. The molecule has 4 nitrogen and oxygen atoms in total. The van der Waals surface area contributed by atoms with E-state index in [1.807, 2.05) is 13.0 Å². The third-order valence-corrected chi connectivity index (χ3v) is 3.20. The summed E-state index contributed by atoms with van der Waals surface area (Å²) in [6, 6.07) is 9.31. The fourth-order valence-electron chi connectivity index (χ4n) is 2.00. The predicted octanol–water partition coefficient (Wildman–Crippen LogP) is 3.23. The molecular formula is C16H17FN2O2. The quantitative estimate of drug-likeness (QED) is 0.849. The van der Waals surface area contributed by atoms with Crippen LogP contribution in [0.5, 0.6) is 5.75 Å². The van der Waals surface area contributed by atoms with Gasteiger partial charge in [-0.15, -0.1) is 0 Å². The molecule has 0 aliphatic rings. The maximum absolute atomic E-state index is 13.3. The van der Waals surface area contributed by atoms with Gasteiger partial charge in [0.2, 0.25) is 0 Å². The van der Waals surface area contributed by atoms with Gasteiger partial charge < -0.3 is 15.8 Å². The average Bonchev–Trinajstić information content (AvgIpc) is 2.48. The average molecular weight is 288 g/mol. The molecule has 0 bridgehead atoms. The summed E-state index contributed by atoms with van der Waals surface area (Å²) in [5, 5.41) is 2.72. The van der Waals surface area contributed by atoms with Gasteiger partial charge in [-0.3, -0.25) is 4.79 Å². The van der Waals surface area contributed by atoms with E-state index in [-0.39, 0.29) is 11.7 Å². The largest absolute Gasteiger partial charge is 0.494 e. The molecule has 1 amide bonds. The van der Waals surface area contributed by atoms with E-state index in [9.17, 15) is 9.18 Å². The molecule has 0 saturated heterocycles. The second-order valence-electron chi connectivity index (χ2n) is 4.57. The second-order valence-corrected chi connectivity index (χ2v) is 4.57. The smallest absolute Gasteiger partial charge is 0.255 e. The molecule has 0 aliphatic carbocycles. The van der Waals surface area contributed by atoms with Crippen molar-refractivity contribution in [1.29, 1.82) is 0 Å². The number of rotatable bonds is 4. The topological polar surface area (TPSA) is 64.3 Å². The molecular weight excluding hydrogens is 271 g/mol. The van der Waals surface area contributed by atoms with Gasteiger partial charge in [0.05, 0.1) is 7.11 Å². The summed E-state index contributed by atoms with van der Waals surface area (Å²) in [5.74, 6) is -0.828. The molecule has 21 heavy (non-hydrogen) atoms. The molecule has 2 aromatic carbocycles. The van der Waals surface area contributed by atoms with Crippen LogP contribution in [-0.4, -0.2) is 13.0 Å². The zero-order chi connectivity index (χ0) is 15.4. The third-order valence-electron chi connectivity index (χ3n) is 3.20. The van der Waals surface area contributed by atoms with Crippen molar-refractivity contribution < 1.29 is 13.9 Å². The van der Waals surface area contributed by atoms with E-state index in [1.165, 1.54) is 25.3 Å². The normalized spacial score (nSPS) is 10.2. The second kappa shape index (κ2) is 6.26. The number of nitrogens with two attached hydrogens (primary N) is 1. The number of halogens is 1. The summed E-state index contributed by atoms with van der Waals surface area (Å²) in [5.41, 5.74) is 8.45. The lowest BCUT2D eigenvalue weighted by Crippen LogP contribution is -2.12. The molecule has 0 aliphatic heterocycles. The summed E-state index contributed by atoms with van der Waals surface area (Å²) in [6.07, 6.45) is 0.829. The minimum absolute atomic E-state index is 0.0310. The Kier molecular flexibility index (Phi) is 4.42. The third kappa shape index (κ3) is 3.31. The SMILES string of the molecule is CCc1ccc(NC(=O)c2ccc(F)c(OC)c2)cc1N. The molecule has 0 radical (unpaired) electrons. The molecule has 3 N–H and O–H groups in total. The van der Waals surface area contributed by atoms with Gasteiger partial charge in [0.25, 0.3) is 5.91 Å². The number of amides is 1. The van der Waals surface area contributed by atoms with Gasteiger partial charge >= 0.3 is 0 Å². The van der Waals surface area contributed by atoms with E-state index in [2.05, 4.69) is 5.32 Å². The van der Waals surface area contributed by atoms with E-state index in [1.54, 1.807) is 12.1 Å². The Morgan fingerprint density at radius 3 is 2.67 bits per heavy atom. The van der Waals surface area contributed by atoms with Gasteiger partial charge in [0, 0.05) is 16.9 Å². The Labute approximate surface area is 122 Å². The molecule has 0 heterocycles. The van der Waals surface area contributed by atoms with Crippen LogP contribution in [0.4, 0.5) is 15.8 Å². The van der Waals surface area contributed by atoms with Crippen molar-refractivity contribution in [3.63, 3.8) is 0 Å². The van der Waals surface area contributed by atoms with Crippen LogP contribution in [0.15, 0.2) is 36.4 Å². The van der Waals surface area contributed by atoms with Crippen molar-refractivity contribution in [2.75, 3.05) is 18.2 Å². The van der Waals surface area contributed by atoms with Crippen LogP contribution in [0.2, 0.25) is 0 Å². The van der Waals surface area contributed by atoms with Crippen molar-refractivity contribution in [3.05, 3.63) is 53.3 Å². The van der Waals surface area contributed by atoms with E-state index in [0.29, 0.717) is 16.9 Å². The maximum atomic E-state index is 13.3. The van der Waals surface area contributed by atoms with Crippen molar-refractivity contribution in [1.82, 2.24) is 0 Å². The van der Waals surface area contributed by atoms with Crippen LogP contribution < -0.4 is 15.8 Å². The summed E-state index contributed by atoms with van der Waals surface area (Å²) in [6.45, 7) is 2.01. The van der Waals surface area contributed by atoms with Crippen molar-refractivity contribution in [2.45, 2.75) is 13.3 Å². The first-order valence-electron chi connectivity index (χ1n) is 6.58. The van der Waals surface area contributed by atoms with E-state index < -0.39 is 5.82 Å². The van der Waals surface area contributed by atoms with E-state index >= 15 is 0 Å². The van der Waals surface area contributed by atoms with Crippen LogP contribution in [-0.2, 0) is 6.42 Å². The first-order chi connectivity index (χ1) is 10.0. The molecule has 0 fully saturated rings. The Bertz CT molecular complexity index is 671. The maximum Gasteiger partial charge on any atom is 0.255 e. The van der Waals surface area contributed by atoms with Gasteiger partial charge in [-0.2, -0.15) is 0 Å². The number of nitrogens with one attached hydrogen (secondary N) is 1. The number of nitrogen functional groups attached to an aromatic ring is 1. The number of methoxy groups -OCH3 is 1. The highest BCUT2D eigenvalue weighted by Crippen LogP contribution is 2.21. The Morgan fingerprint density at radius 1 is 1.29 bits per heavy atom. The van der Waals surface area contributed by atoms with Gasteiger partial charge in [-0.25, -0.2) is 4.39 Å². The standard InChI is InChI=1S/C16H17FN2O2/c1-3-10-4-6-12(9-14(10)18)19-16(20)11-5-7-13(17)15(8-11)21-2/h4-9H,3,18H2,1-2H3,(H,19,20). The zero-order valence-corrected chi connectivity index (χ0v) is 11.9. The van der Waals surface area contributed by atoms with Crippen LogP contribution >= 0.6 is 0 Å². The Balaban J connectivity index is 2.19. The molecule has 0 saturated carbocycles. The highest BCUT2D eigenvalue weighted by Gasteiger charge is 2.11. The summed E-state index contributed by atoms with van der Waals surface area (Å²) < 4.78 is 18.2. The molecule has 2 aromatic rings. The summed E-state index contributed by atoms with van der Waals surface area (Å²) in [7, 11) is 1.35. The number of hydrogen-bond donors (Lipinski definition) is 2. The number of carbonyl (C=O) groups excluding carboxylic acids is 1. The molecule has 0 aromatic heterocycles. The lowest BCUT2D eigenvalue weighted by Gasteiger charge is -2.09. The number of carbonyl (C=O) groups is 1. The number of anilines is 2. The number of hydrogen-bond acceptors (Lipinski definition) is 3. The molecule has 0 atom stereocenters. The molecule has 0 unspecified atom stereocenters. The molecule has 2 rings (SSSR count). The van der Waals surface area contributed by atoms with Gasteiger partial charge in [0.15, 0.2) is 11.6 Å². The van der Waals surface area contributed by atoms with Crippen LogP contribution in [0.25, 0.3) is 0 Å². The van der Waals surface area contributed by atoms with Gasteiger partial charge in [-0.1, -0.05) is 13.0 Å². The first-order valence-corrected chi connectivity index (χ1v) is 6.58. The lowest BCUT2D eigenvalue weighted by molar-refractivity contribution is 0.102. The fraction of sp³-hybridized carbons (Fsp3) is 0.188. The minimum atomic E-state index is -0.509. The molecule has 0 spiro atoms. The number of benzene rings is 2. The van der Waals surface area contributed by atoms with Crippen molar-refractivity contribution in [2.24, 2.45) is 0 Å².